The van der Waals surface area contributed by atoms with E-state index in [1.165, 1.54) is 5.56 Å². The van der Waals surface area contributed by atoms with Crippen LogP contribution in [0.25, 0.3) is 0 Å². The molecule has 0 unspecified atom stereocenters. The van der Waals surface area contributed by atoms with Gasteiger partial charge in [0.1, 0.15) is 5.75 Å². The molecule has 1 aromatic rings. The average Bonchev–Trinajstić information content (AvgIpc) is 2.47. The third-order valence-electron chi connectivity index (χ3n) is 2.40. The Morgan fingerprint density at radius 1 is 1.50 bits per heavy atom. The number of hydrogen-bond acceptors (Lipinski definition) is 2. The van der Waals surface area contributed by atoms with Crippen LogP contribution in [0, 0.1) is 0 Å². The molecular weight excluding hydrogens is 152 g/mol. The Hall–Kier alpha value is -1.02. The summed E-state index contributed by atoms with van der Waals surface area (Å²) in [6, 6.07) is 5.85. The van der Waals surface area contributed by atoms with Crippen LogP contribution >= 0.6 is 0 Å². The Labute approximate surface area is 71.8 Å². The van der Waals surface area contributed by atoms with Gasteiger partial charge in [-0.2, -0.15) is 0 Å². The molecule has 64 valence electrons. The van der Waals surface area contributed by atoms with Crippen molar-refractivity contribution < 1.29 is 9.84 Å². The molecule has 0 saturated heterocycles. The number of aryl methyl sites for hydroxylation is 1. The van der Waals surface area contributed by atoms with E-state index in [9.17, 15) is 5.11 Å². The van der Waals surface area contributed by atoms with E-state index in [1.807, 2.05) is 18.2 Å². The lowest BCUT2D eigenvalue weighted by Gasteiger charge is -2.05. The van der Waals surface area contributed by atoms with E-state index < -0.39 is 0 Å². The molecular formula is C10H12O2. The third-order valence-corrected chi connectivity index (χ3v) is 2.40. The molecule has 2 nitrogen and oxygen atoms in total. The molecule has 0 radical (unpaired) electrons. The second kappa shape index (κ2) is 2.79. The number of fused-ring (bicyclic) bond motifs is 1. The summed E-state index contributed by atoms with van der Waals surface area (Å²) in [5.74, 6) is 0.878. The molecule has 0 saturated carbocycles. The SMILES string of the molecule is COc1ccc2c(c1)CC[C@@H]2O. The van der Waals surface area contributed by atoms with Gasteiger partial charge in [-0.15, -0.1) is 0 Å². The minimum absolute atomic E-state index is 0.258. The maximum atomic E-state index is 9.50. The summed E-state index contributed by atoms with van der Waals surface area (Å²) in [5, 5.41) is 9.50. The predicted octanol–water partition coefficient (Wildman–Crippen LogP) is 1.67. The number of benzene rings is 1. The van der Waals surface area contributed by atoms with Gasteiger partial charge in [-0.25, -0.2) is 0 Å². The van der Waals surface area contributed by atoms with Crippen LogP contribution in [0.15, 0.2) is 18.2 Å². The lowest BCUT2D eigenvalue weighted by molar-refractivity contribution is 0.180. The molecule has 0 heterocycles. The minimum atomic E-state index is -0.258. The number of aliphatic hydroxyl groups excluding tert-OH is 1. The van der Waals surface area contributed by atoms with Crippen LogP contribution in [0.4, 0.5) is 0 Å². The Bertz CT molecular complexity index is 294. The van der Waals surface area contributed by atoms with E-state index in [-0.39, 0.29) is 6.10 Å². The van der Waals surface area contributed by atoms with Gasteiger partial charge >= 0.3 is 0 Å². The lowest BCUT2D eigenvalue weighted by atomic mass is 10.1. The molecule has 0 fully saturated rings. The van der Waals surface area contributed by atoms with Gasteiger partial charge in [0.2, 0.25) is 0 Å². The maximum absolute atomic E-state index is 9.50. The van der Waals surface area contributed by atoms with Gasteiger partial charge in [0.25, 0.3) is 0 Å². The molecule has 1 atom stereocenters. The molecule has 2 heteroatoms. The summed E-state index contributed by atoms with van der Waals surface area (Å²) in [7, 11) is 1.66. The van der Waals surface area contributed by atoms with E-state index in [0.29, 0.717) is 0 Å². The Morgan fingerprint density at radius 3 is 3.08 bits per heavy atom. The third kappa shape index (κ3) is 1.08. The Morgan fingerprint density at radius 2 is 2.33 bits per heavy atom. The highest BCUT2D eigenvalue weighted by Crippen LogP contribution is 2.32. The zero-order valence-electron chi connectivity index (χ0n) is 7.08. The second-order valence-electron chi connectivity index (χ2n) is 3.12. The maximum Gasteiger partial charge on any atom is 0.119 e. The first-order chi connectivity index (χ1) is 5.81. The van der Waals surface area contributed by atoms with Crippen molar-refractivity contribution in [2.75, 3.05) is 7.11 Å². The van der Waals surface area contributed by atoms with Crippen LogP contribution in [0.3, 0.4) is 0 Å². The first-order valence-corrected chi connectivity index (χ1v) is 4.16. The largest absolute Gasteiger partial charge is 0.497 e. The normalized spacial score (nSPS) is 20.7. The minimum Gasteiger partial charge on any atom is -0.497 e. The van der Waals surface area contributed by atoms with Gasteiger partial charge < -0.3 is 9.84 Å². The standard InChI is InChI=1S/C10H12O2/c1-12-8-3-4-9-7(6-8)2-5-10(9)11/h3-4,6,10-11H,2,5H2,1H3/t10-/m0/s1. The highest BCUT2D eigenvalue weighted by atomic mass is 16.5. The Kier molecular flexibility index (Phi) is 1.77. The summed E-state index contributed by atoms with van der Waals surface area (Å²) >= 11 is 0. The van der Waals surface area contributed by atoms with E-state index in [0.717, 1.165) is 24.2 Å². The molecule has 0 bridgehead atoms. The topological polar surface area (TPSA) is 29.5 Å². The summed E-state index contributed by atoms with van der Waals surface area (Å²) in [5.41, 5.74) is 2.29. The van der Waals surface area contributed by atoms with Crippen molar-refractivity contribution in [1.82, 2.24) is 0 Å². The van der Waals surface area contributed by atoms with Crippen molar-refractivity contribution in [2.24, 2.45) is 0 Å². The van der Waals surface area contributed by atoms with Crippen molar-refractivity contribution >= 4 is 0 Å². The van der Waals surface area contributed by atoms with Gasteiger partial charge in [-0.05, 0) is 36.1 Å². The predicted molar refractivity (Wildman–Crippen MR) is 46.3 cm³/mol. The van der Waals surface area contributed by atoms with Crippen LogP contribution in [0.5, 0.6) is 5.75 Å². The van der Waals surface area contributed by atoms with Gasteiger partial charge in [-0.1, -0.05) is 6.07 Å². The summed E-state index contributed by atoms with van der Waals surface area (Å²) in [6.45, 7) is 0. The molecule has 0 amide bonds. The summed E-state index contributed by atoms with van der Waals surface area (Å²) in [6.07, 6.45) is 1.56. The number of ether oxygens (including phenoxy) is 1. The first kappa shape index (κ1) is 7.62. The fraction of sp³-hybridized carbons (Fsp3) is 0.400. The van der Waals surface area contributed by atoms with Crippen LogP contribution in [-0.4, -0.2) is 12.2 Å². The van der Waals surface area contributed by atoms with Crippen LogP contribution < -0.4 is 4.74 Å². The van der Waals surface area contributed by atoms with Crippen molar-refractivity contribution in [2.45, 2.75) is 18.9 Å². The highest BCUT2D eigenvalue weighted by Gasteiger charge is 2.19. The number of methoxy groups -OCH3 is 1. The van der Waals surface area contributed by atoms with Crippen molar-refractivity contribution in [3.05, 3.63) is 29.3 Å². The first-order valence-electron chi connectivity index (χ1n) is 4.16. The lowest BCUT2D eigenvalue weighted by Crippen LogP contribution is -1.90. The zero-order chi connectivity index (χ0) is 8.55. The van der Waals surface area contributed by atoms with E-state index >= 15 is 0 Å². The number of rotatable bonds is 1. The average molecular weight is 164 g/mol. The second-order valence-corrected chi connectivity index (χ2v) is 3.12. The molecule has 1 aromatic carbocycles. The Balaban J connectivity index is 2.41. The molecule has 1 aliphatic carbocycles. The molecule has 2 rings (SSSR count). The van der Waals surface area contributed by atoms with Crippen LogP contribution in [-0.2, 0) is 6.42 Å². The van der Waals surface area contributed by atoms with Crippen LogP contribution in [0.1, 0.15) is 23.7 Å². The van der Waals surface area contributed by atoms with Crippen molar-refractivity contribution in [1.29, 1.82) is 0 Å². The monoisotopic (exact) mass is 164 g/mol. The van der Waals surface area contributed by atoms with Gasteiger partial charge in [0.05, 0.1) is 13.2 Å². The quantitative estimate of drug-likeness (QED) is 0.684. The van der Waals surface area contributed by atoms with E-state index in [2.05, 4.69) is 0 Å². The smallest absolute Gasteiger partial charge is 0.119 e. The van der Waals surface area contributed by atoms with E-state index in [1.54, 1.807) is 7.11 Å². The number of hydrogen-bond donors (Lipinski definition) is 1. The van der Waals surface area contributed by atoms with Crippen LogP contribution in [0.2, 0.25) is 0 Å². The molecule has 0 aliphatic heterocycles. The number of aliphatic hydroxyl groups is 1. The van der Waals surface area contributed by atoms with Gasteiger partial charge in [0, 0.05) is 0 Å². The van der Waals surface area contributed by atoms with Crippen molar-refractivity contribution in [3.63, 3.8) is 0 Å². The van der Waals surface area contributed by atoms with Gasteiger partial charge in [-0.3, -0.25) is 0 Å². The van der Waals surface area contributed by atoms with E-state index in [4.69, 9.17) is 4.74 Å². The van der Waals surface area contributed by atoms with Gasteiger partial charge in [0.15, 0.2) is 0 Å². The summed E-state index contributed by atoms with van der Waals surface area (Å²) in [4.78, 5) is 0. The van der Waals surface area contributed by atoms with Crippen molar-refractivity contribution in [3.8, 4) is 5.75 Å². The molecule has 1 aliphatic rings. The highest BCUT2D eigenvalue weighted by molar-refractivity contribution is 5.39. The molecule has 0 spiro atoms. The molecule has 1 N–H and O–H groups in total. The fourth-order valence-corrected chi connectivity index (χ4v) is 1.70. The fourth-order valence-electron chi connectivity index (χ4n) is 1.70. The molecule has 0 aromatic heterocycles. The molecule has 12 heavy (non-hydrogen) atoms. The summed E-state index contributed by atoms with van der Waals surface area (Å²) < 4.78 is 5.09. The zero-order valence-corrected chi connectivity index (χ0v) is 7.08.